The Bertz CT molecular complexity index is 5670. The highest BCUT2D eigenvalue weighted by atomic mass is 32.2. The summed E-state index contributed by atoms with van der Waals surface area (Å²) >= 11 is 0. The predicted octanol–water partition coefficient (Wildman–Crippen LogP) is 7.46. The third-order valence-corrected chi connectivity index (χ3v) is 37.3. The largest absolute Gasteiger partial charge is 0.497 e. The van der Waals surface area contributed by atoms with Gasteiger partial charge in [-0.3, -0.25) is 44.4 Å². The summed E-state index contributed by atoms with van der Waals surface area (Å²) in [7, 11) is -13.2. The second kappa shape index (κ2) is 41.6. The zero-order chi connectivity index (χ0) is 95.3. The topological polar surface area (TPSA) is 426 Å². The van der Waals surface area contributed by atoms with Gasteiger partial charge in [0.05, 0.1) is 62.4 Å². The molecule has 12 fully saturated rings. The molecule has 11 aliphatic heterocycles. The van der Waals surface area contributed by atoms with E-state index >= 15 is 0 Å². The summed E-state index contributed by atoms with van der Waals surface area (Å²) in [5, 5.41) is 23.1. The molecular weight excluding hydrogens is 1810 g/mol. The fourth-order valence-electron chi connectivity index (χ4n) is 19.6. The zero-order valence-electron chi connectivity index (χ0n) is 77.1. The minimum Gasteiger partial charge on any atom is -0.497 e. The van der Waals surface area contributed by atoms with Gasteiger partial charge >= 0.3 is 0 Å². The summed E-state index contributed by atoms with van der Waals surface area (Å²) in [4.78, 5) is 84.1. The molecule has 0 aromatic heterocycles. The fraction of sp³-hybridized carbons (Fsp3) is 0.587. The number of amides is 2. The number of nitro groups is 1. The fourth-order valence-corrected chi connectivity index (χ4v) is 28.2. The summed E-state index contributed by atoms with van der Waals surface area (Å²) in [5.41, 5.74) is -1.62. The van der Waals surface area contributed by atoms with Crippen LogP contribution in [0.25, 0.3) is 0 Å². The molecule has 5 spiro atoms. The SMILES string of the molecule is CC(=O)c1ccc(S(=O)(=O)N2C(CC3=CCC=N3)C(=O)NC23CCN(CC2CC2)CC3)cc1.CC(=O)c1ccc(S(=O)(=O)N2CC(=O)NC23CCNCC3)cc1.CC(=O)c1ccc(S(=O)(=O)N2CC(CN(C)C)OC23CCN(CC2CC2)CC3)cc1.COc1ccc(S(=O)(=O)N2CCOC23CCN(C(C)C)CC3)cc1.O=[N+]([O-])c1ccc(S(=O)(=O)N2CCC3(CC2)NCCCO3)cc1. The van der Waals surface area contributed by atoms with E-state index < -0.39 is 89.6 Å². The average molecular weight is 1940 g/mol. The number of nitro benzene ring substituents is 1. The van der Waals surface area contributed by atoms with Gasteiger partial charge < -0.3 is 54.5 Å². The van der Waals surface area contributed by atoms with Gasteiger partial charge in [-0.2, -0.15) is 21.5 Å². The van der Waals surface area contributed by atoms with Gasteiger partial charge in [-0.15, -0.1) is 0 Å². The Morgan fingerprint density at radius 2 is 1.03 bits per heavy atom. The van der Waals surface area contributed by atoms with Crippen LogP contribution in [0.4, 0.5) is 5.69 Å². The average Bonchev–Trinajstić information content (AvgIpc) is 1.69. The van der Waals surface area contributed by atoms with Crippen LogP contribution in [0.2, 0.25) is 0 Å². The minimum absolute atomic E-state index is 0.0750. The molecule has 2 amide bonds. The van der Waals surface area contributed by atoms with Crippen LogP contribution in [0.3, 0.4) is 0 Å². The number of hydrogen-bond donors (Lipinski definition) is 4. The number of carbonyl (C=O) groups excluding carboxylic acids is 5. The number of likely N-dealkylation sites (tertiary alicyclic amines) is 3. The number of non-ortho nitro benzene ring substituents is 1. The molecule has 5 aromatic rings. The minimum atomic E-state index is -4.00. The van der Waals surface area contributed by atoms with Crippen LogP contribution < -0.4 is 26.0 Å². The summed E-state index contributed by atoms with van der Waals surface area (Å²) < 4.78 is 163. The van der Waals surface area contributed by atoms with Crippen LogP contribution in [-0.4, -0.2) is 316 Å². The van der Waals surface area contributed by atoms with Gasteiger partial charge in [0.2, 0.25) is 61.9 Å². The number of nitrogens with zero attached hydrogens (tertiary/aromatic N) is 11. The van der Waals surface area contributed by atoms with Gasteiger partial charge in [0, 0.05) is 183 Å². The van der Waals surface area contributed by atoms with Crippen molar-refractivity contribution in [3.05, 3.63) is 160 Å². The lowest BCUT2D eigenvalue weighted by Crippen LogP contribution is -2.60. The lowest BCUT2D eigenvalue weighted by molar-refractivity contribution is -0.384. The van der Waals surface area contributed by atoms with E-state index in [1.165, 1.54) is 132 Å². The summed E-state index contributed by atoms with van der Waals surface area (Å²) in [6, 6.07) is 29.3. The van der Waals surface area contributed by atoms with Crippen LogP contribution in [0.1, 0.15) is 175 Å². The van der Waals surface area contributed by atoms with Crippen molar-refractivity contribution in [2.75, 3.05) is 146 Å². The molecule has 2 saturated carbocycles. The lowest BCUT2D eigenvalue weighted by atomic mass is 9.97. The number of Topliss-reactive ketones (excluding diaryl/α,β-unsaturated/α-hetero) is 3. The summed E-state index contributed by atoms with van der Waals surface area (Å²) in [6.45, 7) is 21.1. The highest BCUT2D eigenvalue weighted by Gasteiger charge is 2.60. The number of piperidine rings is 5. The second-order valence-corrected chi connectivity index (χ2v) is 46.6. The van der Waals surface area contributed by atoms with Gasteiger partial charge in [-0.05, 0) is 211 Å². The molecule has 5 aromatic carbocycles. The van der Waals surface area contributed by atoms with E-state index in [1.807, 2.05) is 25.1 Å². The first kappa shape index (κ1) is 101. The number of likely N-dealkylation sites (N-methyl/N-ethyl adjacent to an activating group) is 1. The van der Waals surface area contributed by atoms with Crippen LogP contribution in [-0.2, 0) is 73.9 Å². The Labute approximate surface area is 781 Å². The molecule has 36 nitrogen and oxygen atoms in total. The molecule has 11 heterocycles. The number of allylic oxidation sites excluding steroid dienone is 1. The third kappa shape index (κ3) is 23.0. The number of ketones is 3. The van der Waals surface area contributed by atoms with Crippen LogP contribution in [0.5, 0.6) is 5.75 Å². The molecule has 726 valence electrons. The molecule has 133 heavy (non-hydrogen) atoms. The van der Waals surface area contributed by atoms with E-state index in [0.717, 1.165) is 82.9 Å². The summed E-state index contributed by atoms with van der Waals surface area (Å²) in [5.74, 6) is 1.36. The molecule has 2 atom stereocenters. The molecule has 41 heteroatoms. The van der Waals surface area contributed by atoms with Crippen molar-refractivity contribution in [2.24, 2.45) is 16.8 Å². The number of sulfonamides is 5. The number of nitrogens with one attached hydrogen (secondary N) is 4. The number of rotatable bonds is 24. The molecule has 2 aliphatic carbocycles. The predicted molar refractivity (Wildman–Crippen MR) is 496 cm³/mol. The van der Waals surface area contributed by atoms with E-state index in [9.17, 15) is 76.2 Å². The van der Waals surface area contributed by atoms with Crippen molar-refractivity contribution in [1.82, 2.24) is 62.4 Å². The number of ether oxygens (including phenoxy) is 4. The Hall–Kier alpha value is -8.15. The molecule has 10 saturated heterocycles. The van der Waals surface area contributed by atoms with Crippen LogP contribution in [0, 0.1) is 22.0 Å². The maximum atomic E-state index is 14.0. The van der Waals surface area contributed by atoms with Crippen molar-refractivity contribution in [3.63, 3.8) is 0 Å². The van der Waals surface area contributed by atoms with Gasteiger partial charge in [0.15, 0.2) is 17.3 Å². The number of methoxy groups -OCH3 is 1. The van der Waals surface area contributed by atoms with Gasteiger partial charge in [0.25, 0.3) is 5.69 Å². The monoisotopic (exact) mass is 1940 g/mol. The first-order valence-electron chi connectivity index (χ1n) is 46.1. The van der Waals surface area contributed by atoms with Crippen molar-refractivity contribution < 1.29 is 89.9 Å². The van der Waals surface area contributed by atoms with E-state index in [-0.39, 0.29) is 73.5 Å². The molecule has 0 radical (unpaired) electrons. The Morgan fingerprint density at radius 1 is 0.549 bits per heavy atom. The normalized spacial score (nSPS) is 23.5. The van der Waals surface area contributed by atoms with Gasteiger partial charge in [0.1, 0.15) is 40.3 Å². The molecule has 2 unspecified atom stereocenters. The van der Waals surface area contributed by atoms with Gasteiger partial charge in [-0.1, -0.05) is 42.5 Å². The quantitative estimate of drug-likeness (QED) is 0.0264. The number of hydrogen-bond acceptors (Lipinski definition) is 28. The number of carbonyl (C=O) groups is 5. The third-order valence-electron chi connectivity index (χ3n) is 27.5. The first-order chi connectivity index (χ1) is 63.1. The molecule has 0 bridgehead atoms. The molecule has 18 rings (SSSR count). The van der Waals surface area contributed by atoms with Crippen LogP contribution in [0.15, 0.2) is 163 Å². The Morgan fingerprint density at radius 3 is 1.50 bits per heavy atom. The smallest absolute Gasteiger partial charge is 0.269 e. The van der Waals surface area contributed by atoms with E-state index in [1.54, 1.807) is 70.5 Å². The van der Waals surface area contributed by atoms with E-state index in [4.69, 9.17) is 18.9 Å². The molecule has 13 aliphatic rings. The molecule has 4 N–H and O–H groups in total. The van der Waals surface area contributed by atoms with Crippen molar-refractivity contribution >= 4 is 91.2 Å². The number of benzene rings is 5. The zero-order valence-corrected chi connectivity index (χ0v) is 81.2. The second-order valence-electron chi connectivity index (χ2n) is 37.3. The van der Waals surface area contributed by atoms with Crippen molar-refractivity contribution in [2.45, 2.75) is 215 Å². The standard InChI is InChI=1S/C24H30N4O4S.C22H33N3O4S.C17H26N2O4S.C15H19N3O4S.C14H19N3O5S/c1-17(29)19-6-8-21(9-7-19)33(31,32)28-22(15-20-3-2-12-25-20)23(30)26-24(28)10-13-27(14-11-24)16-18-4-5-18;1-17(26)19-6-8-21(9-7-19)30(27,28)25-16-20(15-23(2)3)29-22(25)10-12-24(13-11-22)14-18-4-5-18;1-14(2)18-10-8-17(9-11-18)19(12-13-23-17)24(20,21)16-6-4-15(22-3)5-7-16;1-11(19)12-2-4-13(5-3-12)23(21,22)18-10-14(20)17-15(18)6-8-16-9-7-15;18-17(19)12-2-4-13(5-3-12)23(20,21)16-9-6-14(7-10-16)15-8-1-11-22-14/h3,6-9,12,18,22H,2,4-5,10-11,13-16H2,1H3,(H,26,30);6-9,18,20H,4-5,10-16H2,1-3H3;4-7,14H,8-13H2,1-3H3;2-5,16H,6-10H2,1H3,(H,17,20);2-5,15H,1,6-11H2. The molecular formula is C92H127N15O21S5. The number of aliphatic imine (C=N–C) groups is 1. The lowest BCUT2D eigenvalue weighted by Gasteiger charge is -2.44. The Balaban J connectivity index is 0.000000135. The Kier molecular flexibility index (Phi) is 31.6. The summed E-state index contributed by atoms with van der Waals surface area (Å²) in [6.07, 6.45) is 16.8. The van der Waals surface area contributed by atoms with Crippen molar-refractivity contribution in [1.29, 1.82) is 0 Å². The first-order valence-corrected chi connectivity index (χ1v) is 53.3. The highest BCUT2D eigenvalue weighted by Crippen LogP contribution is 2.46. The van der Waals surface area contributed by atoms with Crippen LogP contribution >= 0.6 is 0 Å². The maximum absolute atomic E-state index is 14.0. The maximum Gasteiger partial charge on any atom is 0.269 e. The van der Waals surface area contributed by atoms with E-state index in [2.05, 4.69) is 54.8 Å². The van der Waals surface area contributed by atoms with Gasteiger partial charge in [-0.25, -0.2) is 42.1 Å². The van der Waals surface area contributed by atoms with E-state index in [0.29, 0.717) is 163 Å². The highest BCUT2D eigenvalue weighted by molar-refractivity contribution is 7.90. The van der Waals surface area contributed by atoms with Crippen molar-refractivity contribution in [3.8, 4) is 5.75 Å².